The Hall–Kier alpha value is -3.73. The molecular formula is C53H70BIrN2O2-. The molecule has 1 aliphatic heterocycles. The van der Waals surface area contributed by atoms with Crippen LogP contribution in [0.2, 0.25) is 0 Å². The summed E-state index contributed by atoms with van der Waals surface area (Å²) >= 11 is 0. The molecule has 1 aromatic heterocycles. The molecule has 6 heteroatoms. The average molecular weight is 970 g/mol. The van der Waals surface area contributed by atoms with E-state index < -0.39 is 0 Å². The van der Waals surface area contributed by atoms with Gasteiger partial charge in [-0.3, -0.25) is 9.78 Å². The number of fused-ring (bicyclic) bond motifs is 4. The molecule has 0 saturated carbocycles. The van der Waals surface area contributed by atoms with Crippen LogP contribution in [0.4, 0.5) is 0 Å². The minimum atomic E-state index is -0.00540. The van der Waals surface area contributed by atoms with Crippen LogP contribution in [0.5, 0.6) is 0 Å². The zero-order chi connectivity index (χ0) is 42.7. The van der Waals surface area contributed by atoms with Crippen molar-refractivity contribution in [3.63, 3.8) is 0 Å². The van der Waals surface area contributed by atoms with Crippen LogP contribution in [0.3, 0.4) is 0 Å². The third-order valence-corrected chi connectivity index (χ3v) is 12.1. The van der Waals surface area contributed by atoms with Crippen molar-refractivity contribution >= 4 is 39.8 Å². The summed E-state index contributed by atoms with van der Waals surface area (Å²) in [4.78, 5) is 16.9. The monoisotopic (exact) mass is 971 g/mol. The number of carbonyl (C=O) groups is 1. The summed E-state index contributed by atoms with van der Waals surface area (Å²) in [6, 6.07) is 28.9. The van der Waals surface area contributed by atoms with Crippen LogP contribution in [-0.4, -0.2) is 27.2 Å². The maximum absolute atomic E-state index is 11.7. The van der Waals surface area contributed by atoms with Crippen LogP contribution >= 0.6 is 0 Å². The molecular weight excluding hydrogens is 900 g/mol. The van der Waals surface area contributed by atoms with Crippen LogP contribution in [-0.2, 0) is 36.7 Å². The zero-order valence-electron chi connectivity index (χ0n) is 38.5. The SMILES string of the molecule is CC(C)c1cccc(C(C)C)c1B1c2cc(CC(C)(C)C)ccc2-n2c1cnc2-c1[c-]c2ccccc2c(C(C)(C)C)c1.CCC(CC)C(=O)/C=C(\O)C(CC)CC.[Ir]. The molecule has 6 rings (SSSR count). The van der Waals surface area contributed by atoms with E-state index in [0.717, 1.165) is 48.9 Å². The Labute approximate surface area is 371 Å². The summed E-state index contributed by atoms with van der Waals surface area (Å²) < 4.78 is 2.44. The van der Waals surface area contributed by atoms with Crippen LogP contribution in [0.1, 0.15) is 157 Å². The predicted octanol–water partition coefficient (Wildman–Crippen LogP) is 12.3. The van der Waals surface area contributed by atoms with Gasteiger partial charge in [-0.15, -0.1) is 29.1 Å². The Bertz CT molecular complexity index is 2220. The molecule has 0 saturated heterocycles. The van der Waals surface area contributed by atoms with Crippen molar-refractivity contribution in [2.24, 2.45) is 17.3 Å². The summed E-state index contributed by atoms with van der Waals surface area (Å²) in [5.41, 5.74) is 12.2. The Morgan fingerprint density at radius 1 is 0.814 bits per heavy atom. The van der Waals surface area contributed by atoms with Gasteiger partial charge < -0.3 is 9.67 Å². The molecule has 2 heterocycles. The molecule has 5 aromatic rings. The van der Waals surface area contributed by atoms with Crippen LogP contribution in [0.25, 0.3) is 27.8 Å². The van der Waals surface area contributed by atoms with Gasteiger partial charge in [0.05, 0.1) is 11.6 Å². The first-order valence-electron chi connectivity index (χ1n) is 22.1. The molecule has 0 aliphatic carbocycles. The van der Waals surface area contributed by atoms with Gasteiger partial charge in [-0.2, -0.15) is 0 Å². The molecule has 1 radical (unpaired) electrons. The van der Waals surface area contributed by atoms with E-state index in [-0.39, 0.29) is 61.0 Å². The van der Waals surface area contributed by atoms with Crippen molar-refractivity contribution in [2.75, 3.05) is 0 Å². The Kier molecular flexibility index (Phi) is 16.1. The normalized spacial score (nSPS) is 12.9. The van der Waals surface area contributed by atoms with Gasteiger partial charge in [-0.1, -0.05) is 162 Å². The molecule has 0 fully saturated rings. The average Bonchev–Trinajstić information content (AvgIpc) is 3.72. The number of imidazole rings is 1. The van der Waals surface area contributed by atoms with E-state index in [9.17, 15) is 9.90 Å². The van der Waals surface area contributed by atoms with Crippen LogP contribution in [0.15, 0.2) is 84.8 Å². The van der Waals surface area contributed by atoms with Gasteiger partial charge in [0.1, 0.15) is 0 Å². The second-order valence-electron chi connectivity index (χ2n) is 19.5. The maximum Gasteiger partial charge on any atom is 0.266 e. The van der Waals surface area contributed by atoms with E-state index in [1.165, 1.54) is 55.9 Å². The number of benzene rings is 4. The molecule has 0 spiro atoms. The topological polar surface area (TPSA) is 55.1 Å². The largest absolute Gasteiger partial charge is 0.512 e. The van der Waals surface area contributed by atoms with E-state index in [0.29, 0.717) is 11.8 Å². The molecule has 0 unspecified atom stereocenters. The predicted molar refractivity (Wildman–Crippen MR) is 250 cm³/mol. The minimum absolute atomic E-state index is 0. The van der Waals surface area contributed by atoms with Gasteiger partial charge in [-0.05, 0) is 83.0 Å². The Morgan fingerprint density at radius 2 is 1.41 bits per heavy atom. The van der Waals surface area contributed by atoms with E-state index >= 15 is 0 Å². The second kappa shape index (κ2) is 19.8. The number of allylic oxidation sites excluding steroid dienone is 2. The fraction of sp³-hybridized carbons (Fsp3) is 0.472. The number of nitrogens with zero attached hydrogens (tertiary/aromatic N) is 2. The molecule has 59 heavy (non-hydrogen) atoms. The number of aliphatic hydroxyl groups is 1. The van der Waals surface area contributed by atoms with Gasteiger partial charge in [0.15, 0.2) is 5.78 Å². The Morgan fingerprint density at radius 3 is 1.95 bits per heavy atom. The fourth-order valence-electron chi connectivity index (χ4n) is 8.93. The number of hydrogen-bond acceptors (Lipinski definition) is 3. The van der Waals surface area contributed by atoms with Crippen LogP contribution < -0.4 is 16.5 Å². The van der Waals surface area contributed by atoms with Gasteiger partial charge in [0.2, 0.25) is 0 Å². The first-order chi connectivity index (χ1) is 27.3. The van der Waals surface area contributed by atoms with E-state index in [4.69, 9.17) is 4.98 Å². The van der Waals surface area contributed by atoms with Crippen molar-refractivity contribution in [2.45, 2.75) is 146 Å². The van der Waals surface area contributed by atoms with Gasteiger partial charge in [-0.25, -0.2) is 0 Å². The van der Waals surface area contributed by atoms with Crippen molar-refractivity contribution in [3.05, 3.63) is 113 Å². The van der Waals surface area contributed by atoms with Crippen LogP contribution in [0, 0.1) is 23.3 Å². The first kappa shape index (κ1) is 47.9. The first-order valence-corrected chi connectivity index (χ1v) is 22.1. The smallest absolute Gasteiger partial charge is 0.266 e. The van der Waals surface area contributed by atoms with Gasteiger partial charge >= 0.3 is 0 Å². The van der Waals surface area contributed by atoms with Crippen molar-refractivity contribution in [1.29, 1.82) is 0 Å². The van der Waals surface area contributed by atoms with E-state index in [1.807, 2.05) is 27.7 Å². The third-order valence-electron chi connectivity index (χ3n) is 12.1. The quantitative estimate of drug-likeness (QED) is 0.0575. The summed E-state index contributed by atoms with van der Waals surface area (Å²) in [7, 11) is 0. The van der Waals surface area contributed by atoms with E-state index in [1.54, 1.807) is 0 Å². The molecule has 1 N–H and O–H groups in total. The van der Waals surface area contributed by atoms with E-state index in [2.05, 4.69) is 153 Å². The Balaban J connectivity index is 0.000000411. The summed E-state index contributed by atoms with van der Waals surface area (Å²) in [5, 5.41) is 12.2. The number of hydrogen-bond donors (Lipinski definition) is 1. The number of aromatic nitrogens is 2. The summed E-state index contributed by atoms with van der Waals surface area (Å²) in [6.07, 6.45) is 8.09. The zero-order valence-corrected chi connectivity index (χ0v) is 40.9. The van der Waals surface area contributed by atoms with Gasteiger partial charge in [0.25, 0.3) is 6.71 Å². The molecule has 0 amide bonds. The number of rotatable bonds is 12. The molecule has 0 atom stereocenters. The molecule has 317 valence electrons. The summed E-state index contributed by atoms with van der Waals surface area (Å²) in [6.45, 7) is 31.4. The number of carbonyl (C=O) groups excluding carboxylic acids is 1. The maximum atomic E-state index is 11.7. The minimum Gasteiger partial charge on any atom is -0.512 e. The summed E-state index contributed by atoms with van der Waals surface area (Å²) in [5.74, 6) is 2.38. The van der Waals surface area contributed by atoms with Crippen molar-refractivity contribution in [3.8, 4) is 17.1 Å². The number of aliphatic hydroxyl groups excluding tert-OH is 1. The van der Waals surface area contributed by atoms with Gasteiger partial charge in [0, 0.05) is 55.5 Å². The standard InChI is InChI=1S/C40H46BN2.C13H24O2.Ir/c1-25(2)30-16-13-17-31(26(3)4)37(30)41-34-20-27(23-39(5,6)7)18-19-35(34)43-36(41)24-42-38(43)29-21-28-14-11-12-15-32(28)33(22-29)40(8,9)10;1-5-10(6-2)12(14)9-13(15)11(7-3)8-4;/h11-20,22,24-26H,23H2,1-10H3;9-11,14H,5-8H2,1-4H3;/q-1;;/b;12-9-;. The fourth-order valence-corrected chi connectivity index (χ4v) is 8.93. The van der Waals surface area contributed by atoms with Crippen molar-refractivity contribution in [1.82, 2.24) is 9.55 Å². The second-order valence-corrected chi connectivity index (χ2v) is 19.5. The molecule has 4 aromatic carbocycles. The third kappa shape index (κ3) is 10.6. The van der Waals surface area contributed by atoms with Crippen molar-refractivity contribution < 1.29 is 30.0 Å². The number of ketones is 1. The molecule has 0 bridgehead atoms. The molecule has 4 nitrogen and oxygen atoms in total. The molecule has 1 aliphatic rings.